The summed E-state index contributed by atoms with van der Waals surface area (Å²) in [6.45, 7) is -0.0111. The lowest BCUT2D eigenvalue weighted by molar-refractivity contribution is 0.282. The topological polar surface area (TPSA) is 46.2 Å². The molecule has 0 aliphatic heterocycles. The second-order valence-electron chi connectivity index (χ2n) is 5.73. The fourth-order valence-electron chi connectivity index (χ4n) is 3.31. The lowest BCUT2D eigenvalue weighted by atomic mass is 9.89. The molecular formula is C21H17NO. The van der Waals surface area contributed by atoms with Gasteiger partial charge in [0, 0.05) is 11.3 Å². The molecule has 3 N–H and O–H groups in total. The molecule has 23 heavy (non-hydrogen) atoms. The predicted molar refractivity (Wildman–Crippen MR) is 97.2 cm³/mol. The van der Waals surface area contributed by atoms with E-state index in [0.29, 0.717) is 0 Å². The number of hydrogen-bond donors (Lipinski definition) is 2. The zero-order chi connectivity index (χ0) is 15.8. The van der Waals surface area contributed by atoms with Gasteiger partial charge < -0.3 is 10.8 Å². The Balaban J connectivity index is 2.21. The van der Waals surface area contributed by atoms with E-state index in [1.54, 1.807) is 0 Å². The maximum absolute atomic E-state index is 9.86. The Morgan fingerprint density at radius 1 is 0.652 bits per heavy atom. The third-order valence-corrected chi connectivity index (χ3v) is 4.40. The lowest BCUT2D eigenvalue weighted by Crippen LogP contribution is -1.97. The molecule has 0 bridgehead atoms. The van der Waals surface area contributed by atoms with Crippen LogP contribution in [0, 0.1) is 0 Å². The van der Waals surface area contributed by atoms with E-state index < -0.39 is 0 Å². The molecule has 0 saturated carbocycles. The minimum Gasteiger partial charge on any atom is -0.398 e. The van der Waals surface area contributed by atoms with Gasteiger partial charge in [-0.1, -0.05) is 66.7 Å². The first-order valence-corrected chi connectivity index (χ1v) is 7.68. The van der Waals surface area contributed by atoms with Crippen molar-refractivity contribution in [1.29, 1.82) is 0 Å². The van der Waals surface area contributed by atoms with Crippen LogP contribution in [0.3, 0.4) is 0 Å². The van der Waals surface area contributed by atoms with Crippen molar-refractivity contribution in [2.45, 2.75) is 6.61 Å². The van der Waals surface area contributed by atoms with Crippen LogP contribution in [0.5, 0.6) is 0 Å². The molecule has 0 radical (unpaired) electrons. The molecule has 0 amide bonds. The average molecular weight is 299 g/mol. The molecule has 0 aliphatic carbocycles. The molecular weight excluding hydrogens is 282 g/mol. The summed E-state index contributed by atoms with van der Waals surface area (Å²) < 4.78 is 0. The first kappa shape index (κ1) is 13.8. The van der Waals surface area contributed by atoms with Crippen LogP contribution in [0.25, 0.3) is 32.7 Å². The maximum Gasteiger partial charge on any atom is 0.0688 e. The van der Waals surface area contributed by atoms with E-state index in [4.69, 9.17) is 5.73 Å². The summed E-state index contributed by atoms with van der Waals surface area (Å²) in [5.41, 5.74) is 10.0. The van der Waals surface area contributed by atoms with Crippen molar-refractivity contribution in [1.82, 2.24) is 0 Å². The van der Waals surface area contributed by atoms with E-state index in [0.717, 1.165) is 43.9 Å². The van der Waals surface area contributed by atoms with Gasteiger partial charge in [-0.05, 0) is 38.7 Å². The normalized spacial score (nSPS) is 11.2. The van der Waals surface area contributed by atoms with E-state index in [1.807, 2.05) is 48.5 Å². The number of aliphatic hydroxyl groups excluding tert-OH is 1. The molecule has 0 aromatic heterocycles. The maximum atomic E-state index is 9.86. The van der Waals surface area contributed by atoms with Crippen LogP contribution in [0.4, 0.5) is 5.69 Å². The predicted octanol–water partition coefficient (Wildman–Crippen LogP) is 4.73. The van der Waals surface area contributed by atoms with E-state index in [9.17, 15) is 5.11 Å². The van der Waals surface area contributed by atoms with Gasteiger partial charge in [-0.3, -0.25) is 0 Å². The number of benzene rings is 4. The largest absolute Gasteiger partial charge is 0.398 e. The fraction of sp³-hybridized carbons (Fsp3) is 0.0476. The molecule has 0 unspecified atom stereocenters. The van der Waals surface area contributed by atoms with Crippen molar-refractivity contribution in [3.05, 3.63) is 78.4 Å². The first-order valence-electron chi connectivity index (χ1n) is 7.68. The molecule has 0 saturated heterocycles. The zero-order valence-electron chi connectivity index (χ0n) is 12.7. The second-order valence-corrected chi connectivity index (χ2v) is 5.73. The highest BCUT2D eigenvalue weighted by Crippen LogP contribution is 2.40. The van der Waals surface area contributed by atoms with Crippen LogP contribution in [-0.4, -0.2) is 5.11 Å². The van der Waals surface area contributed by atoms with Crippen molar-refractivity contribution in [3.8, 4) is 11.1 Å². The Labute approximate surface area is 134 Å². The highest BCUT2D eigenvalue weighted by atomic mass is 16.3. The minimum absolute atomic E-state index is 0.0111. The Kier molecular flexibility index (Phi) is 3.25. The second kappa shape index (κ2) is 5.41. The highest BCUT2D eigenvalue weighted by Gasteiger charge is 2.15. The summed E-state index contributed by atoms with van der Waals surface area (Å²) in [6.07, 6.45) is 0. The van der Waals surface area contributed by atoms with Gasteiger partial charge >= 0.3 is 0 Å². The first-order chi connectivity index (χ1) is 11.3. The highest BCUT2D eigenvalue weighted by molar-refractivity contribution is 6.10. The molecule has 0 aliphatic rings. The van der Waals surface area contributed by atoms with Gasteiger partial charge in [0.2, 0.25) is 0 Å². The van der Waals surface area contributed by atoms with Gasteiger partial charge in [0.1, 0.15) is 0 Å². The third kappa shape index (κ3) is 2.16. The Bertz CT molecular complexity index is 1020. The molecule has 4 rings (SSSR count). The van der Waals surface area contributed by atoms with Gasteiger partial charge in [0.25, 0.3) is 0 Å². The molecule has 2 nitrogen and oxygen atoms in total. The summed E-state index contributed by atoms with van der Waals surface area (Å²) in [7, 11) is 0. The fourth-order valence-corrected chi connectivity index (χ4v) is 3.31. The smallest absolute Gasteiger partial charge is 0.0688 e. The number of nitrogen functional groups attached to an aromatic ring is 1. The summed E-state index contributed by atoms with van der Waals surface area (Å²) in [5, 5.41) is 14.4. The average Bonchev–Trinajstić information content (AvgIpc) is 2.61. The summed E-state index contributed by atoms with van der Waals surface area (Å²) in [4.78, 5) is 0. The Hall–Kier alpha value is -2.84. The Morgan fingerprint density at radius 2 is 1.22 bits per heavy atom. The summed E-state index contributed by atoms with van der Waals surface area (Å²) in [6, 6.07) is 24.5. The van der Waals surface area contributed by atoms with Crippen LogP contribution < -0.4 is 5.73 Å². The third-order valence-electron chi connectivity index (χ3n) is 4.40. The molecule has 0 atom stereocenters. The SMILES string of the molecule is Nc1ccc2ccccc2c1-c1c(CO)ccc2ccccc12. The number of anilines is 1. The van der Waals surface area contributed by atoms with Crippen molar-refractivity contribution in [3.63, 3.8) is 0 Å². The summed E-state index contributed by atoms with van der Waals surface area (Å²) >= 11 is 0. The number of hydrogen-bond acceptors (Lipinski definition) is 2. The van der Waals surface area contributed by atoms with Crippen LogP contribution in [-0.2, 0) is 6.61 Å². The number of aliphatic hydroxyl groups is 1. The Morgan fingerprint density at radius 3 is 1.87 bits per heavy atom. The van der Waals surface area contributed by atoms with E-state index in [2.05, 4.69) is 24.3 Å². The van der Waals surface area contributed by atoms with Crippen LogP contribution in [0.2, 0.25) is 0 Å². The molecule has 0 heterocycles. The quantitative estimate of drug-likeness (QED) is 0.525. The van der Waals surface area contributed by atoms with E-state index >= 15 is 0 Å². The van der Waals surface area contributed by atoms with Crippen molar-refractivity contribution >= 4 is 27.2 Å². The lowest BCUT2D eigenvalue weighted by Gasteiger charge is -2.16. The monoisotopic (exact) mass is 299 g/mol. The van der Waals surface area contributed by atoms with Crippen molar-refractivity contribution < 1.29 is 5.11 Å². The van der Waals surface area contributed by atoms with Crippen LogP contribution >= 0.6 is 0 Å². The number of rotatable bonds is 2. The van der Waals surface area contributed by atoms with Crippen molar-refractivity contribution in [2.75, 3.05) is 5.73 Å². The van der Waals surface area contributed by atoms with Gasteiger partial charge in [0.05, 0.1) is 6.61 Å². The molecule has 0 spiro atoms. The number of fused-ring (bicyclic) bond motifs is 2. The van der Waals surface area contributed by atoms with Crippen LogP contribution in [0.15, 0.2) is 72.8 Å². The van der Waals surface area contributed by atoms with Gasteiger partial charge in [-0.25, -0.2) is 0 Å². The molecule has 0 fully saturated rings. The molecule has 4 aromatic rings. The standard InChI is InChI=1S/C21H17NO/c22-19-12-11-15-6-2-4-8-18(15)21(19)20-16(13-23)10-9-14-5-1-3-7-17(14)20/h1-12,23H,13,22H2. The molecule has 112 valence electrons. The zero-order valence-corrected chi connectivity index (χ0v) is 12.7. The van der Waals surface area contributed by atoms with Gasteiger partial charge in [-0.15, -0.1) is 0 Å². The molecule has 2 heteroatoms. The van der Waals surface area contributed by atoms with Gasteiger partial charge in [-0.2, -0.15) is 0 Å². The molecule has 4 aromatic carbocycles. The van der Waals surface area contributed by atoms with Gasteiger partial charge in [0.15, 0.2) is 0 Å². The minimum atomic E-state index is -0.0111. The number of nitrogens with two attached hydrogens (primary N) is 1. The van der Waals surface area contributed by atoms with Crippen LogP contribution in [0.1, 0.15) is 5.56 Å². The van der Waals surface area contributed by atoms with E-state index in [-0.39, 0.29) is 6.61 Å². The van der Waals surface area contributed by atoms with Crippen molar-refractivity contribution in [2.24, 2.45) is 0 Å². The van der Waals surface area contributed by atoms with E-state index in [1.165, 1.54) is 0 Å². The summed E-state index contributed by atoms with van der Waals surface area (Å²) in [5.74, 6) is 0.